The van der Waals surface area contributed by atoms with E-state index in [1.165, 1.54) is 5.56 Å². The minimum atomic E-state index is 0.282. The highest BCUT2D eigenvalue weighted by Crippen LogP contribution is 2.23. The number of hydrogen-bond acceptors (Lipinski definition) is 1. The first-order valence-corrected chi connectivity index (χ1v) is 5.58. The molecule has 0 heterocycles. The molecule has 0 fully saturated rings. The van der Waals surface area contributed by atoms with Crippen LogP contribution in [0.1, 0.15) is 25.3 Å². The van der Waals surface area contributed by atoms with Crippen LogP contribution in [-0.2, 0) is 6.42 Å². The summed E-state index contributed by atoms with van der Waals surface area (Å²) in [6.45, 7) is 2.10. The minimum Gasteiger partial charge on any atom is -0.328 e. The van der Waals surface area contributed by atoms with Crippen LogP contribution in [0.25, 0.3) is 0 Å². The lowest BCUT2D eigenvalue weighted by atomic mass is 10.0. The van der Waals surface area contributed by atoms with Gasteiger partial charge in [0.2, 0.25) is 0 Å². The normalized spacial score (nSPS) is 12.9. The van der Waals surface area contributed by atoms with E-state index in [1.807, 2.05) is 18.2 Å². The van der Waals surface area contributed by atoms with Crippen LogP contribution >= 0.6 is 23.2 Å². The zero-order chi connectivity index (χ0) is 10.6. The first-order valence-electron chi connectivity index (χ1n) is 4.83. The van der Waals surface area contributed by atoms with Gasteiger partial charge >= 0.3 is 0 Å². The van der Waals surface area contributed by atoms with Crippen LogP contribution in [0.4, 0.5) is 0 Å². The predicted octanol–water partition coefficient (Wildman–Crippen LogP) is 3.66. The minimum absolute atomic E-state index is 0.282. The first kappa shape index (κ1) is 11.8. The molecular formula is C11H15Cl2N. The molecule has 78 valence electrons. The van der Waals surface area contributed by atoms with Crippen LogP contribution in [0.5, 0.6) is 0 Å². The predicted molar refractivity (Wildman–Crippen MR) is 63.0 cm³/mol. The molecule has 1 aromatic rings. The van der Waals surface area contributed by atoms with E-state index < -0.39 is 0 Å². The molecule has 1 rings (SSSR count). The molecule has 0 aliphatic rings. The second-order valence-corrected chi connectivity index (χ2v) is 4.27. The van der Waals surface area contributed by atoms with Crippen LogP contribution in [0, 0.1) is 0 Å². The van der Waals surface area contributed by atoms with Crippen molar-refractivity contribution in [2.75, 3.05) is 0 Å². The Bertz CT molecular complexity index is 299. The molecule has 14 heavy (non-hydrogen) atoms. The Hall–Kier alpha value is -0.240. The fourth-order valence-corrected chi connectivity index (χ4v) is 1.57. The van der Waals surface area contributed by atoms with Gasteiger partial charge in [0.1, 0.15) is 0 Å². The van der Waals surface area contributed by atoms with E-state index in [2.05, 4.69) is 6.92 Å². The van der Waals surface area contributed by atoms with Gasteiger partial charge in [-0.25, -0.2) is 0 Å². The van der Waals surface area contributed by atoms with Crippen molar-refractivity contribution in [3.63, 3.8) is 0 Å². The molecule has 0 radical (unpaired) electrons. The standard InChI is InChI=1S/C11H15Cl2N/c1-2-9(14)5-3-8-4-6-10(12)11(13)7-8/h4,6-7,9H,2-3,5,14H2,1H3/t9-/m1/s1. The van der Waals surface area contributed by atoms with Gasteiger partial charge in [-0.2, -0.15) is 0 Å². The third-order valence-electron chi connectivity index (χ3n) is 2.31. The molecule has 0 aromatic heterocycles. The van der Waals surface area contributed by atoms with E-state index in [0.29, 0.717) is 10.0 Å². The first-order chi connectivity index (χ1) is 6.63. The molecule has 0 aliphatic heterocycles. The highest BCUT2D eigenvalue weighted by Gasteiger charge is 2.02. The molecule has 0 unspecified atom stereocenters. The summed E-state index contributed by atoms with van der Waals surface area (Å²) in [5, 5.41) is 1.23. The summed E-state index contributed by atoms with van der Waals surface area (Å²) in [6.07, 6.45) is 2.97. The van der Waals surface area contributed by atoms with E-state index in [0.717, 1.165) is 19.3 Å². The summed E-state index contributed by atoms with van der Waals surface area (Å²) in [5.74, 6) is 0. The van der Waals surface area contributed by atoms with Gasteiger partial charge in [0.05, 0.1) is 10.0 Å². The highest BCUT2D eigenvalue weighted by atomic mass is 35.5. The smallest absolute Gasteiger partial charge is 0.0595 e. The van der Waals surface area contributed by atoms with E-state index in [4.69, 9.17) is 28.9 Å². The van der Waals surface area contributed by atoms with Gasteiger partial charge in [-0.3, -0.25) is 0 Å². The van der Waals surface area contributed by atoms with Crippen molar-refractivity contribution in [2.45, 2.75) is 32.2 Å². The number of halogens is 2. The third-order valence-corrected chi connectivity index (χ3v) is 3.05. The van der Waals surface area contributed by atoms with Crippen LogP contribution in [-0.4, -0.2) is 6.04 Å². The van der Waals surface area contributed by atoms with Crippen molar-refractivity contribution in [1.29, 1.82) is 0 Å². The summed E-state index contributed by atoms with van der Waals surface area (Å²) >= 11 is 11.7. The quantitative estimate of drug-likeness (QED) is 0.842. The summed E-state index contributed by atoms with van der Waals surface area (Å²) in [7, 11) is 0. The SMILES string of the molecule is CC[C@@H](N)CCc1ccc(Cl)c(Cl)c1. The molecule has 0 saturated carbocycles. The Morgan fingerprint density at radius 3 is 2.57 bits per heavy atom. The fourth-order valence-electron chi connectivity index (χ4n) is 1.25. The van der Waals surface area contributed by atoms with Gasteiger partial charge in [-0.05, 0) is 37.0 Å². The maximum Gasteiger partial charge on any atom is 0.0595 e. The monoisotopic (exact) mass is 231 g/mol. The lowest BCUT2D eigenvalue weighted by molar-refractivity contribution is 0.596. The summed E-state index contributed by atoms with van der Waals surface area (Å²) in [4.78, 5) is 0. The Morgan fingerprint density at radius 1 is 1.29 bits per heavy atom. The lowest BCUT2D eigenvalue weighted by Crippen LogP contribution is -2.19. The van der Waals surface area contributed by atoms with E-state index in [1.54, 1.807) is 0 Å². The van der Waals surface area contributed by atoms with Gasteiger partial charge in [0.25, 0.3) is 0 Å². The molecule has 1 aromatic carbocycles. The number of aryl methyl sites for hydroxylation is 1. The number of hydrogen-bond donors (Lipinski definition) is 1. The van der Waals surface area contributed by atoms with Gasteiger partial charge in [0.15, 0.2) is 0 Å². The Morgan fingerprint density at radius 2 is 2.00 bits per heavy atom. The zero-order valence-electron chi connectivity index (χ0n) is 8.26. The Balaban J connectivity index is 2.55. The average Bonchev–Trinajstić information content (AvgIpc) is 2.19. The van der Waals surface area contributed by atoms with Gasteiger partial charge < -0.3 is 5.73 Å². The Kier molecular flexibility index (Phi) is 4.73. The molecule has 0 bridgehead atoms. The number of nitrogens with two attached hydrogens (primary N) is 1. The maximum absolute atomic E-state index is 5.90. The third kappa shape index (κ3) is 3.49. The second-order valence-electron chi connectivity index (χ2n) is 3.46. The van der Waals surface area contributed by atoms with Crippen molar-refractivity contribution in [3.05, 3.63) is 33.8 Å². The highest BCUT2D eigenvalue weighted by molar-refractivity contribution is 6.42. The number of rotatable bonds is 4. The number of benzene rings is 1. The molecule has 3 heteroatoms. The molecule has 0 amide bonds. The molecule has 1 atom stereocenters. The lowest BCUT2D eigenvalue weighted by Gasteiger charge is -2.08. The molecule has 0 saturated heterocycles. The van der Waals surface area contributed by atoms with Crippen molar-refractivity contribution < 1.29 is 0 Å². The zero-order valence-corrected chi connectivity index (χ0v) is 9.78. The van der Waals surface area contributed by atoms with Crippen LogP contribution in [0.3, 0.4) is 0 Å². The fraction of sp³-hybridized carbons (Fsp3) is 0.455. The maximum atomic E-state index is 5.90. The molecule has 0 aliphatic carbocycles. The van der Waals surface area contributed by atoms with E-state index in [-0.39, 0.29) is 6.04 Å². The van der Waals surface area contributed by atoms with Gasteiger partial charge in [0, 0.05) is 6.04 Å². The van der Waals surface area contributed by atoms with Crippen LogP contribution in [0.15, 0.2) is 18.2 Å². The molecular weight excluding hydrogens is 217 g/mol. The van der Waals surface area contributed by atoms with E-state index >= 15 is 0 Å². The Labute approximate surface area is 95.2 Å². The van der Waals surface area contributed by atoms with Crippen LogP contribution < -0.4 is 5.73 Å². The van der Waals surface area contributed by atoms with Crippen molar-refractivity contribution >= 4 is 23.2 Å². The molecule has 2 N–H and O–H groups in total. The van der Waals surface area contributed by atoms with Gasteiger partial charge in [-0.1, -0.05) is 36.2 Å². The van der Waals surface area contributed by atoms with Gasteiger partial charge in [-0.15, -0.1) is 0 Å². The van der Waals surface area contributed by atoms with Crippen molar-refractivity contribution in [2.24, 2.45) is 5.73 Å². The molecule has 1 nitrogen and oxygen atoms in total. The van der Waals surface area contributed by atoms with Crippen molar-refractivity contribution in [1.82, 2.24) is 0 Å². The second kappa shape index (κ2) is 5.59. The topological polar surface area (TPSA) is 26.0 Å². The largest absolute Gasteiger partial charge is 0.328 e. The summed E-state index contributed by atoms with van der Waals surface area (Å²) in [5.41, 5.74) is 7.03. The van der Waals surface area contributed by atoms with Crippen LogP contribution in [0.2, 0.25) is 10.0 Å². The molecule has 0 spiro atoms. The average molecular weight is 232 g/mol. The van der Waals surface area contributed by atoms with E-state index in [9.17, 15) is 0 Å². The summed E-state index contributed by atoms with van der Waals surface area (Å²) < 4.78 is 0. The van der Waals surface area contributed by atoms with Crippen molar-refractivity contribution in [3.8, 4) is 0 Å². The summed E-state index contributed by atoms with van der Waals surface area (Å²) in [6, 6.07) is 6.02.